The van der Waals surface area contributed by atoms with Crippen LogP contribution in [0.5, 0.6) is 0 Å². The molecule has 1 atom stereocenters. The van der Waals surface area contributed by atoms with Crippen molar-refractivity contribution in [3.63, 3.8) is 0 Å². The highest BCUT2D eigenvalue weighted by molar-refractivity contribution is 7.91. The topological polar surface area (TPSA) is 51.2 Å². The Bertz CT molecular complexity index is 990. The lowest BCUT2D eigenvalue weighted by Gasteiger charge is -2.16. The number of thiophene rings is 1. The zero-order valence-electron chi connectivity index (χ0n) is 14.1. The second-order valence-corrected chi connectivity index (χ2v) is 9.11. The number of Topliss-reactive ketones (excluding diaryl/α,β-unsaturated/α-hetero) is 1. The van der Waals surface area contributed by atoms with Gasteiger partial charge in [0.05, 0.1) is 4.90 Å². The molecule has 0 saturated heterocycles. The van der Waals surface area contributed by atoms with Gasteiger partial charge >= 0.3 is 0 Å². The van der Waals surface area contributed by atoms with E-state index in [0.29, 0.717) is 10.4 Å². The van der Waals surface area contributed by atoms with E-state index in [1.54, 1.807) is 41.8 Å². The summed E-state index contributed by atoms with van der Waals surface area (Å²) in [5.41, 5.74) is 1.26. The first-order valence-corrected chi connectivity index (χ1v) is 10.4. The summed E-state index contributed by atoms with van der Waals surface area (Å²) in [7, 11) is -3.74. The van der Waals surface area contributed by atoms with E-state index in [1.165, 1.54) is 35.6 Å². The molecule has 1 heterocycles. The van der Waals surface area contributed by atoms with Crippen LogP contribution in [0, 0.1) is 12.7 Å². The number of carbonyl (C=O) groups excluding carboxylic acids is 1. The number of hydrogen-bond acceptors (Lipinski definition) is 4. The van der Waals surface area contributed by atoms with Gasteiger partial charge in [-0.2, -0.15) is 0 Å². The molecule has 0 N–H and O–H groups in total. The van der Waals surface area contributed by atoms with Crippen molar-refractivity contribution in [3.8, 4) is 0 Å². The van der Waals surface area contributed by atoms with Gasteiger partial charge in [-0.25, -0.2) is 12.8 Å². The van der Waals surface area contributed by atoms with Gasteiger partial charge in [-0.15, -0.1) is 11.3 Å². The monoisotopic (exact) mass is 388 g/mol. The molecular weight excluding hydrogens is 371 g/mol. The first-order valence-electron chi connectivity index (χ1n) is 8.00. The molecular formula is C20H17FO3S2. The number of sulfone groups is 1. The fraction of sp³-hybridized carbons (Fsp3) is 0.150. The van der Waals surface area contributed by atoms with E-state index in [-0.39, 0.29) is 17.1 Å². The Hall–Kier alpha value is -2.31. The van der Waals surface area contributed by atoms with E-state index in [2.05, 4.69) is 0 Å². The molecule has 26 heavy (non-hydrogen) atoms. The lowest BCUT2D eigenvalue weighted by atomic mass is 10.1. The third kappa shape index (κ3) is 3.92. The van der Waals surface area contributed by atoms with Crippen molar-refractivity contribution in [3.05, 3.63) is 87.9 Å². The van der Waals surface area contributed by atoms with Gasteiger partial charge in [0.1, 0.15) is 11.1 Å². The molecule has 0 bridgehead atoms. The molecule has 0 saturated carbocycles. The van der Waals surface area contributed by atoms with Crippen molar-refractivity contribution in [1.29, 1.82) is 0 Å². The van der Waals surface area contributed by atoms with Gasteiger partial charge in [0.2, 0.25) is 0 Å². The Balaban J connectivity index is 1.97. The van der Waals surface area contributed by atoms with Crippen molar-refractivity contribution in [2.45, 2.75) is 23.5 Å². The quantitative estimate of drug-likeness (QED) is 0.560. The summed E-state index contributed by atoms with van der Waals surface area (Å²) in [6.07, 6.45) is -0.192. The highest BCUT2D eigenvalue weighted by atomic mass is 32.2. The van der Waals surface area contributed by atoms with Gasteiger partial charge in [-0.3, -0.25) is 4.79 Å². The third-order valence-corrected chi connectivity index (χ3v) is 7.36. The van der Waals surface area contributed by atoms with Gasteiger partial charge in [0.25, 0.3) is 0 Å². The van der Waals surface area contributed by atoms with Crippen molar-refractivity contribution in [2.75, 3.05) is 0 Å². The molecule has 6 heteroatoms. The summed E-state index contributed by atoms with van der Waals surface area (Å²) in [4.78, 5) is 13.4. The molecule has 0 radical (unpaired) electrons. The largest absolute Gasteiger partial charge is 0.294 e. The van der Waals surface area contributed by atoms with Crippen LogP contribution in [0.3, 0.4) is 0 Å². The molecule has 3 aromatic rings. The van der Waals surface area contributed by atoms with Crippen molar-refractivity contribution in [1.82, 2.24) is 0 Å². The molecule has 3 rings (SSSR count). The van der Waals surface area contributed by atoms with Crippen LogP contribution < -0.4 is 0 Å². The highest BCUT2D eigenvalue weighted by Gasteiger charge is 2.32. The molecule has 0 aliphatic rings. The Kier molecular flexibility index (Phi) is 5.34. The Morgan fingerprint density at radius 3 is 2.27 bits per heavy atom. The first kappa shape index (κ1) is 18.5. The van der Waals surface area contributed by atoms with E-state index in [1.807, 2.05) is 6.92 Å². The molecule has 0 spiro atoms. The van der Waals surface area contributed by atoms with Crippen LogP contribution in [-0.2, 0) is 9.84 Å². The maximum absolute atomic E-state index is 13.2. The molecule has 2 aromatic carbocycles. The van der Waals surface area contributed by atoms with Crippen molar-refractivity contribution < 1.29 is 17.6 Å². The number of rotatable bonds is 6. The lowest BCUT2D eigenvalue weighted by molar-refractivity contribution is 0.0981. The van der Waals surface area contributed by atoms with Gasteiger partial charge in [-0.1, -0.05) is 23.8 Å². The minimum atomic E-state index is -3.74. The maximum Gasteiger partial charge on any atom is 0.186 e. The first-order chi connectivity index (χ1) is 12.4. The Morgan fingerprint density at radius 2 is 1.69 bits per heavy atom. The summed E-state index contributed by atoms with van der Waals surface area (Å²) >= 11 is 1.30. The second-order valence-electron chi connectivity index (χ2n) is 6.00. The summed E-state index contributed by atoms with van der Waals surface area (Å²) < 4.78 is 39.4. The van der Waals surface area contributed by atoms with Crippen LogP contribution in [0.1, 0.15) is 32.5 Å². The normalized spacial score (nSPS) is 12.7. The predicted molar refractivity (Wildman–Crippen MR) is 101 cm³/mol. The van der Waals surface area contributed by atoms with Crippen LogP contribution in [0.4, 0.5) is 4.39 Å². The molecule has 0 unspecified atom stereocenters. The Labute approximate surface area is 156 Å². The number of hydrogen-bond donors (Lipinski definition) is 0. The number of ketones is 1. The van der Waals surface area contributed by atoms with E-state index in [0.717, 1.165) is 5.56 Å². The highest BCUT2D eigenvalue weighted by Crippen LogP contribution is 2.35. The molecule has 0 aliphatic carbocycles. The van der Waals surface area contributed by atoms with Crippen molar-refractivity contribution >= 4 is 27.0 Å². The van der Waals surface area contributed by atoms with Gasteiger partial charge in [0, 0.05) is 16.9 Å². The number of carbonyl (C=O) groups is 1. The fourth-order valence-electron chi connectivity index (χ4n) is 2.65. The summed E-state index contributed by atoms with van der Waals surface area (Å²) in [5.74, 6) is -0.775. The van der Waals surface area contributed by atoms with Crippen LogP contribution in [0.15, 0.2) is 70.9 Å². The zero-order valence-corrected chi connectivity index (χ0v) is 15.7. The molecule has 0 amide bonds. The van der Waals surface area contributed by atoms with Gasteiger partial charge in [0.15, 0.2) is 15.6 Å². The van der Waals surface area contributed by atoms with Gasteiger partial charge < -0.3 is 0 Å². The maximum atomic E-state index is 13.2. The molecule has 3 nitrogen and oxygen atoms in total. The summed E-state index contributed by atoms with van der Waals surface area (Å²) in [5, 5.41) is 0.817. The number of halogens is 1. The average molecular weight is 388 g/mol. The SMILES string of the molecule is Cc1ccc(S(=O)(=O)[C@@H](CC(=O)c2ccc(F)cc2)c2cccs2)cc1. The fourth-order valence-corrected chi connectivity index (χ4v) is 5.50. The smallest absolute Gasteiger partial charge is 0.186 e. The molecule has 0 fully saturated rings. The molecule has 134 valence electrons. The minimum Gasteiger partial charge on any atom is -0.294 e. The second kappa shape index (κ2) is 7.51. The summed E-state index contributed by atoms with van der Waals surface area (Å²) in [6, 6.07) is 15.2. The van der Waals surface area contributed by atoms with E-state index >= 15 is 0 Å². The lowest BCUT2D eigenvalue weighted by Crippen LogP contribution is -2.17. The van der Waals surface area contributed by atoms with Crippen molar-refractivity contribution in [2.24, 2.45) is 0 Å². The minimum absolute atomic E-state index is 0.188. The van der Waals surface area contributed by atoms with Crippen LogP contribution in [-0.4, -0.2) is 14.2 Å². The number of benzene rings is 2. The van der Waals surface area contributed by atoms with Gasteiger partial charge in [-0.05, 0) is 54.8 Å². The molecule has 0 aliphatic heterocycles. The van der Waals surface area contributed by atoms with E-state index < -0.39 is 20.9 Å². The zero-order chi connectivity index (χ0) is 18.7. The number of aryl methyl sites for hydroxylation is 1. The average Bonchev–Trinajstić information content (AvgIpc) is 3.14. The van der Waals surface area contributed by atoms with Crippen LogP contribution in [0.25, 0.3) is 0 Å². The standard InChI is InChI=1S/C20H17FO3S2/c1-14-4-10-17(11-5-14)26(23,24)20(19-3-2-12-25-19)13-18(22)15-6-8-16(21)9-7-15/h2-12,20H,13H2,1H3/t20-/m0/s1. The third-order valence-electron chi connectivity index (χ3n) is 4.12. The summed E-state index contributed by atoms with van der Waals surface area (Å²) in [6.45, 7) is 1.88. The molecule has 1 aromatic heterocycles. The van der Waals surface area contributed by atoms with E-state index in [4.69, 9.17) is 0 Å². The predicted octanol–water partition coefficient (Wildman–Crippen LogP) is 4.98. The van der Waals surface area contributed by atoms with Crippen LogP contribution >= 0.6 is 11.3 Å². The Morgan fingerprint density at radius 1 is 1.04 bits per heavy atom. The van der Waals surface area contributed by atoms with Crippen LogP contribution in [0.2, 0.25) is 0 Å². The van der Waals surface area contributed by atoms with E-state index in [9.17, 15) is 17.6 Å².